The molecule has 4 nitrogen and oxygen atoms in total. The van der Waals surface area contributed by atoms with Crippen molar-refractivity contribution in [1.29, 1.82) is 0 Å². The fraction of sp³-hybridized carbons (Fsp3) is 0.933. The Hall–Kier alpha value is -0.610. The van der Waals surface area contributed by atoms with Crippen molar-refractivity contribution >= 4 is 5.97 Å². The number of carbonyl (C=O) groups is 1. The van der Waals surface area contributed by atoms with Crippen LogP contribution in [0, 0.1) is 5.92 Å². The summed E-state index contributed by atoms with van der Waals surface area (Å²) in [6.07, 6.45) is 3.21. The first-order valence-corrected chi connectivity index (χ1v) is 7.57. The minimum Gasteiger partial charge on any atom is -0.468 e. The van der Waals surface area contributed by atoms with Gasteiger partial charge in [-0.3, -0.25) is 4.79 Å². The molecular weight excluding hydrogens is 240 g/mol. The molecule has 1 aliphatic rings. The molecule has 0 aromatic carbocycles. The summed E-state index contributed by atoms with van der Waals surface area (Å²) in [5.41, 5.74) is 0. The van der Waals surface area contributed by atoms with Gasteiger partial charge in [-0.1, -0.05) is 20.3 Å². The maximum atomic E-state index is 11.9. The van der Waals surface area contributed by atoms with Crippen LogP contribution in [-0.2, 0) is 9.53 Å². The number of ether oxygens (including phenoxy) is 1. The molecule has 4 heteroatoms. The largest absolute Gasteiger partial charge is 0.468 e. The summed E-state index contributed by atoms with van der Waals surface area (Å²) < 4.78 is 4.92. The van der Waals surface area contributed by atoms with Gasteiger partial charge in [-0.25, -0.2) is 0 Å². The van der Waals surface area contributed by atoms with E-state index in [9.17, 15) is 4.79 Å². The Morgan fingerprint density at radius 1 is 1.32 bits per heavy atom. The van der Waals surface area contributed by atoms with Crippen molar-refractivity contribution in [2.45, 2.75) is 65.1 Å². The number of nitrogens with zero attached hydrogens (tertiary/aromatic N) is 1. The number of esters is 1. The molecule has 2 unspecified atom stereocenters. The summed E-state index contributed by atoms with van der Waals surface area (Å²) in [7, 11) is 1.47. The summed E-state index contributed by atoms with van der Waals surface area (Å²) in [6, 6.07) is 0.894. The molecule has 1 heterocycles. The molecule has 0 aliphatic carbocycles. The quantitative estimate of drug-likeness (QED) is 0.750. The first-order valence-electron chi connectivity index (χ1n) is 7.57. The van der Waals surface area contributed by atoms with E-state index in [0.29, 0.717) is 18.0 Å². The monoisotopic (exact) mass is 270 g/mol. The van der Waals surface area contributed by atoms with Crippen molar-refractivity contribution in [3.05, 3.63) is 0 Å². The fourth-order valence-electron chi connectivity index (χ4n) is 2.66. The van der Waals surface area contributed by atoms with Crippen molar-refractivity contribution in [2.75, 3.05) is 20.2 Å². The second-order valence-electron chi connectivity index (χ2n) is 5.96. The first-order chi connectivity index (χ1) is 8.99. The summed E-state index contributed by atoms with van der Waals surface area (Å²) in [5, 5.41) is 3.52. The smallest absolute Gasteiger partial charge is 0.323 e. The van der Waals surface area contributed by atoms with Crippen molar-refractivity contribution in [3.8, 4) is 0 Å². The van der Waals surface area contributed by atoms with Crippen molar-refractivity contribution in [2.24, 2.45) is 5.92 Å². The van der Waals surface area contributed by atoms with Gasteiger partial charge in [0.15, 0.2) is 0 Å². The van der Waals surface area contributed by atoms with Crippen LogP contribution in [0.5, 0.6) is 0 Å². The normalized spacial score (nSPS) is 21.4. The molecule has 2 atom stereocenters. The van der Waals surface area contributed by atoms with Crippen LogP contribution in [0.15, 0.2) is 0 Å². The molecule has 1 fully saturated rings. The van der Waals surface area contributed by atoms with E-state index in [0.717, 1.165) is 32.4 Å². The lowest BCUT2D eigenvalue weighted by Gasteiger charge is -2.37. The highest BCUT2D eigenvalue weighted by molar-refractivity contribution is 5.76. The molecule has 112 valence electrons. The maximum Gasteiger partial charge on any atom is 0.323 e. The number of hydrogen-bond donors (Lipinski definition) is 1. The van der Waals surface area contributed by atoms with E-state index in [-0.39, 0.29) is 12.0 Å². The lowest BCUT2D eigenvalue weighted by atomic mass is 9.95. The van der Waals surface area contributed by atoms with Gasteiger partial charge in [-0.2, -0.15) is 0 Å². The van der Waals surface area contributed by atoms with Gasteiger partial charge in [0.25, 0.3) is 0 Å². The van der Waals surface area contributed by atoms with E-state index in [4.69, 9.17) is 4.74 Å². The van der Waals surface area contributed by atoms with E-state index < -0.39 is 0 Å². The third kappa shape index (κ3) is 4.77. The van der Waals surface area contributed by atoms with E-state index in [1.807, 2.05) is 0 Å². The van der Waals surface area contributed by atoms with Crippen LogP contribution in [0.25, 0.3) is 0 Å². The molecule has 1 saturated heterocycles. The van der Waals surface area contributed by atoms with Gasteiger partial charge in [-0.15, -0.1) is 0 Å². The molecule has 19 heavy (non-hydrogen) atoms. The third-order valence-corrected chi connectivity index (χ3v) is 4.34. The van der Waals surface area contributed by atoms with Crippen molar-refractivity contribution < 1.29 is 9.53 Å². The lowest BCUT2D eigenvalue weighted by molar-refractivity contribution is -0.145. The zero-order chi connectivity index (χ0) is 14.4. The molecule has 0 saturated carbocycles. The maximum absolute atomic E-state index is 11.9. The standard InChI is InChI=1S/C15H30N2O2/c1-6-12(4)14(15(18)19-5)16-13-7-9-17(10-8-13)11(2)3/h11-14,16H,6-10H2,1-5H3. The second kappa shape index (κ2) is 7.85. The van der Waals surface area contributed by atoms with Crippen LogP contribution in [0.4, 0.5) is 0 Å². The molecule has 0 radical (unpaired) electrons. The van der Waals surface area contributed by atoms with Crippen LogP contribution in [0.2, 0.25) is 0 Å². The molecule has 0 aromatic rings. The Labute approximate surface area is 117 Å². The lowest BCUT2D eigenvalue weighted by Crippen LogP contribution is -2.52. The van der Waals surface area contributed by atoms with E-state index in [1.54, 1.807) is 0 Å². The van der Waals surface area contributed by atoms with Crippen LogP contribution in [0.3, 0.4) is 0 Å². The number of methoxy groups -OCH3 is 1. The Kier molecular flexibility index (Phi) is 6.80. The van der Waals surface area contributed by atoms with Gasteiger partial charge in [0.05, 0.1) is 7.11 Å². The highest BCUT2D eigenvalue weighted by Crippen LogP contribution is 2.16. The average molecular weight is 270 g/mol. The van der Waals surface area contributed by atoms with Gasteiger partial charge < -0.3 is 15.0 Å². The number of likely N-dealkylation sites (tertiary alicyclic amines) is 1. The van der Waals surface area contributed by atoms with Gasteiger partial charge >= 0.3 is 5.97 Å². The fourth-order valence-corrected chi connectivity index (χ4v) is 2.66. The summed E-state index contributed by atoms with van der Waals surface area (Å²) in [4.78, 5) is 14.4. The summed E-state index contributed by atoms with van der Waals surface area (Å²) in [6.45, 7) is 10.9. The molecule has 0 bridgehead atoms. The number of carbonyl (C=O) groups excluding carboxylic acids is 1. The Morgan fingerprint density at radius 3 is 2.32 bits per heavy atom. The minimum absolute atomic E-state index is 0.124. The van der Waals surface area contributed by atoms with E-state index >= 15 is 0 Å². The van der Waals surface area contributed by atoms with Crippen molar-refractivity contribution in [3.63, 3.8) is 0 Å². The number of piperidine rings is 1. The second-order valence-corrected chi connectivity index (χ2v) is 5.96. The Bertz CT molecular complexity index is 273. The molecule has 0 aromatic heterocycles. The zero-order valence-electron chi connectivity index (χ0n) is 13.1. The highest BCUT2D eigenvalue weighted by atomic mass is 16.5. The Balaban J connectivity index is 2.50. The molecule has 1 aliphatic heterocycles. The van der Waals surface area contributed by atoms with Crippen molar-refractivity contribution in [1.82, 2.24) is 10.2 Å². The van der Waals surface area contributed by atoms with Gasteiger partial charge in [0, 0.05) is 12.1 Å². The van der Waals surface area contributed by atoms with E-state index in [2.05, 4.69) is 37.9 Å². The molecule has 1 N–H and O–H groups in total. The summed E-state index contributed by atoms with van der Waals surface area (Å²) >= 11 is 0. The number of rotatable bonds is 6. The Morgan fingerprint density at radius 2 is 1.89 bits per heavy atom. The average Bonchev–Trinajstić information content (AvgIpc) is 2.43. The summed E-state index contributed by atoms with van der Waals surface area (Å²) in [5.74, 6) is 0.191. The topological polar surface area (TPSA) is 41.6 Å². The first kappa shape index (κ1) is 16.4. The van der Waals surface area contributed by atoms with Crippen LogP contribution in [0.1, 0.15) is 47.0 Å². The van der Waals surface area contributed by atoms with E-state index in [1.165, 1.54) is 7.11 Å². The zero-order valence-corrected chi connectivity index (χ0v) is 13.1. The molecular formula is C15H30N2O2. The number of nitrogens with one attached hydrogen (secondary N) is 1. The predicted molar refractivity (Wildman–Crippen MR) is 78.1 cm³/mol. The van der Waals surface area contributed by atoms with Crippen LogP contribution >= 0.6 is 0 Å². The minimum atomic E-state index is -0.161. The molecule has 0 spiro atoms. The molecule has 1 rings (SSSR count). The SMILES string of the molecule is CCC(C)C(NC1CCN(C(C)C)CC1)C(=O)OC. The van der Waals surface area contributed by atoms with Gasteiger partial charge in [0.2, 0.25) is 0 Å². The predicted octanol–water partition coefficient (Wildman–Crippen LogP) is 2.04. The highest BCUT2D eigenvalue weighted by Gasteiger charge is 2.29. The molecule has 0 amide bonds. The van der Waals surface area contributed by atoms with Gasteiger partial charge in [0.1, 0.15) is 6.04 Å². The van der Waals surface area contributed by atoms with Crippen LogP contribution < -0.4 is 5.32 Å². The number of hydrogen-bond acceptors (Lipinski definition) is 4. The third-order valence-electron chi connectivity index (χ3n) is 4.34. The van der Waals surface area contributed by atoms with Crippen LogP contribution in [-0.4, -0.2) is 49.2 Å². The van der Waals surface area contributed by atoms with Gasteiger partial charge in [-0.05, 0) is 45.7 Å².